The van der Waals surface area contributed by atoms with Crippen molar-refractivity contribution in [3.05, 3.63) is 53.9 Å². The van der Waals surface area contributed by atoms with Crippen molar-refractivity contribution in [1.29, 1.82) is 0 Å². The molecule has 3 N–H and O–H groups in total. The minimum absolute atomic E-state index is 0.248. The Kier molecular flexibility index (Phi) is 2.93. The van der Waals surface area contributed by atoms with Gasteiger partial charge in [-0.25, -0.2) is 9.97 Å². The Morgan fingerprint density at radius 1 is 1.00 bits per heavy atom. The third kappa shape index (κ3) is 2.30. The molecule has 4 nitrogen and oxygen atoms in total. The first-order valence-corrected chi connectivity index (χ1v) is 6.13. The normalized spacial score (nSPS) is 10.6. The summed E-state index contributed by atoms with van der Waals surface area (Å²) in [5.41, 5.74) is 7.07. The summed E-state index contributed by atoms with van der Waals surface area (Å²) in [5, 5.41) is 5.72. The molecule has 0 aliphatic heterocycles. The molecule has 0 spiro atoms. The average molecular weight is 271 g/mol. The van der Waals surface area contributed by atoms with E-state index in [2.05, 4.69) is 27.4 Å². The van der Waals surface area contributed by atoms with Crippen molar-refractivity contribution in [1.82, 2.24) is 9.97 Å². The molecule has 1 aromatic heterocycles. The third-order valence-electron chi connectivity index (χ3n) is 2.85. The van der Waals surface area contributed by atoms with Crippen LogP contribution >= 0.6 is 11.6 Å². The van der Waals surface area contributed by atoms with Gasteiger partial charge in [0, 0.05) is 5.69 Å². The summed E-state index contributed by atoms with van der Waals surface area (Å²) in [6, 6.07) is 14.2. The molecule has 0 radical (unpaired) electrons. The van der Waals surface area contributed by atoms with E-state index in [1.165, 1.54) is 11.7 Å². The van der Waals surface area contributed by atoms with Gasteiger partial charge in [0.1, 0.15) is 12.0 Å². The van der Waals surface area contributed by atoms with Gasteiger partial charge in [0.05, 0.1) is 0 Å². The van der Waals surface area contributed by atoms with E-state index in [0.29, 0.717) is 11.5 Å². The molecule has 0 unspecified atom stereocenters. The monoisotopic (exact) mass is 270 g/mol. The number of hydrogen-bond acceptors (Lipinski definition) is 4. The van der Waals surface area contributed by atoms with E-state index >= 15 is 0 Å². The number of nitrogens with zero attached hydrogens (tertiary/aromatic N) is 2. The van der Waals surface area contributed by atoms with Crippen molar-refractivity contribution < 1.29 is 0 Å². The van der Waals surface area contributed by atoms with Crippen LogP contribution in [0.3, 0.4) is 0 Å². The molecule has 0 aliphatic carbocycles. The Hall–Kier alpha value is -2.33. The van der Waals surface area contributed by atoms with Gasteiger partial charge in [0.15, 0.2) is 11.0 Å². The molecule has 0 aliphatic rings. The summed E-state index contributed by atoms with van der Waals surface area (Å²) < 4.78 is 0. The predicted molar refractivity (Wildman–Crippen MR) is 78.7 cm³/mol. The van der Waals surface area contributed by atoms with Gasteiger partial charge < -0.3 is 11.1 Å². The molecule has 3 rings (SSSR count). The fraction of sp³-hybridized carbons (Fsp3) is 0. The molecule has 0 saturated heterocycles. The average Bonchev–Trinajstić information content (AvgIpc) is 2.44. The number of nitrogen functional groups attached to an aromatic ring is 1. The Morgan fingerprint density at radius 2 is 1.79 bits per heavy atom. The number of benzene rings is 2. The number of hydrogen-bond donors (Lipinski definition) is 2. The fourth-order valence-corrected chi connectivity index (χ4v) is 2.01. The highest BCUT2D eigenvalue weighted by Gasteiger charge is 2.06. The molecule has 0 saturated carbocycles. The largest absolute Gasteiger partial charge is 0.393 e. The van der Waals surface area contributed by atoms with E-state index in [1.54, 1.807) is 0 Å². The van der Waals surface area contributed by atoms with Crippen LogP contribution in [-0.4, -0.2) is 9.97 Å². The summed E-state index contributed by atoms with van der Waals surface area (Å²) >= 11 is 5.86. The lowest BCUT2D eigenvalue weighted by atomic mass is 10.1. The first-order valence-electron chi connectivity index (χ1n) is 5.76. The van der Waals surface area contributed by atoms with Gasteiger partial charge in [0.2, 0.25) is 0 Å². The van der Waals surface area contributed by atoms with Crippen LogP contribution in [0.2, 0.25) is 5.15 Å². The highest BCUT2D eigenvalue weighted by molar-refractivity contribution is 6.32. The maximum atomic E-state index is 5.86. The van der Waals surface area contributed by atoms with Crippen molar-refractivity contribution in [2.75, 3.05) is 11.1 Å². The second kappa shape index (κ2) is 4.74. The highest BCUT2D eigenvalue weighted by atomic mass is 35.5. The number of fused-ring (bicyclic) bond motifs is 1. The zero-order chi connectivity index (χ0) is 13.2. The third-order valence-corrected chi connectivity index (χ3v) is 3.15. The quantitative estimate of drug-likeness (QED) is 0.698. The Bertz CT molecular complexity index is 742. The number of aromatic nitrogens is 2. The van der Waals surface area contributed by atoms with Crippen LogP contribution in [0.25, 0.3) is 10.8 Å². The fourth-order valence-electron chi connectivity index (χ4n) is 1.88. The molecule has 1 heterocycles. The molecular weight excluding hydrogens is 260 g/mol. The zero-order valence-corrected chi connectivity index (χ0v) is 10.7. The molecule has 19 heavy (non-hydrogen) atoms. The van der Waals surface area contributed by atoms with Crippen molar-refractivity contribution in [2.24, 2.45) is 0 Å². The molecule has 0 atom stereocenters. The van der Waals surface area contributed by atoms with E-state index in [0.717, 1.165) is 11.1 Å². The Balaban J connectivity index is 1.99. The standard InChI is InChI=1S/C14H11ClN4/c15-13-12(16)14(18-8-17-13)19-11-6-5-9-3-1-2-4-10(9)7-11/h1-8H,16H2,(H,17,18,19). The lowest BCUT2D eigenvalue weighted by Gasteiger charge is -2.09. The lowest BCUT2D eigenvalue weighted by Crippen LogP contribution is -2.00. The minimum atomic E-state index is 0.248. The maximum absolute atomic E-state index is 5.86. The molecule has 0 amide bonds. The van der Waals surface area contributed by atoms with E-state index in [1.807, 2.05) is 30.3 Å². The van der Waals surface area contributed by atoms with Crippen LogP contribution in [-0.2, 0) is 0 Å². The molecule has 0 fully saturated rings. The van der Waals surface area contributed by atoms with Crippen LogP contribution in [0.1, 0.15) is 0 Å². The van der Waals surface area contributed by atoms with Crippen LogP contribution < -0.4 is 11.1 Å². The number of halogens is 1. The van der Waals surface area contributed by atoms with Crippen molar-refractivity contribution in [3.8, 4) is 0 Å². The summed E-state index contributed by atoms with van der Waals surface area (Å²) in [4.78, 5) is 7.90. The van der Waals surface area contributed by atoms with E-state index < -0.39 is 0 Å². The molecule has 3 aromatic rings. The van der Waals surface area contributed by atoms with Crippen LogP contribution in [0.5, 0.6) is 0 Å². The molecule has 94 valence electrons. The second-order valence-corrected chi connectivity index (χ2v) is 4.47. The first-order chi connectivity index (χ1) is 9.24. The molecular formula is C14H11ClN4. The van der Waals surface area contributed by atoms with Crippen molar-refractivity contribution >= 4 is 39.6 Å². The maximum Gasteiger partial charge on any atom is 0.158 e. The SMILES string of the molecule is Nc1c(Cl)ncnc1Nc1ccc2ccccc2c1. The highest BCUT2D eigenvalue weighted by Crippen LogP contribution is 2.27. The van der Waals surface area contributed by atoms with Crippen LogP contribution in [0, 0.1) is 0 Å². The van der Waals surface area contributed by atoms with Gasteiger partial charge >= 0.3 is 0 Å². The van der Waals surface area contributed by atoms with Gasteiger partial charge in [-0.05, 0) is 22.9 Å². The number of rotatable bonds is 2. The van der Waals surface area contributed by atoms with Crippen molar-refractivity contribution in [3.63, 3.8) is 0 Å². The number of anilines is 3. The molecule has 5 heteroatoms. The minimum Gasteiger partial charge on any atom is -0.393 e. The van der Waals surface area contributed by atoms with Gasteiger partial charge in [-0.2, -0.15) is 0 Å². The van der Waals surface area contributed by atoms with Gasteiger partial charge in [0.25, 0.3) is 0 Å². The van der Waals surface area contributed by atoms with Crippen LogP contribution in [0.15, 0.2) is 48.8 Å². The number of nitrogens with two attached hydrogens (primary N) is 1. The Morgan fingerprint density at radius 3 is 2.63 bits per heavy atom. The zero-order valence-electron chi connectivity index (χ0n) is 9.97. The topological polar surface area (TPSA) is 63.8 Å². The van der Waals surface area contributed by atoms with Gasteiger partial charge in [-0.3, -0.25) is 0 Å². The summed E-state index contributed by atoms with van der Waals surface area (Å²) in [6.07, 6.45) is 1.38. The van der Waals surface area contributed by atoms with E-state index in [-0.39, 0.29) is 5.15 Å². The van der Waals surface area contributed by atoms with E-state index in [9.17, 15) is 0 Å². The second-order valence-electron chi connectivity index (χ2n) is 4.11. The van der Waals surface area contributed by atoms with E-state index in [4.69, 9.17) is 17.3 Å². The van der Waals surface area contributed by atoms with Gasteiger partial charge in [-0.1, -0.05) is 41.9 Å². The summed E-state index contributed by atoms with van der Waals surface area (Å²) in [5.74, 6) is 0.510. The smallest absolute Gasteiger partial charge is 0.158 e. The van der Waals surface area contributed by atoms with Crippen LogP contribution in [0.4, 0.5) is 17.2 Å². The predicted octanol–water partition coefficient (Wildman–Crippen LogP) is 3.61. The van der Waals surface area contributed by atoms with Crippen molar-refractivity contribution in [2.45, 2.75) is 0 Å². The summed E-state index contributed by atoms with van der Waals surface area (Å²) in [7, 11) is 0. The first kappa shape index (κ1) is 11.7. The Labute approximate surface area is 115 Å². The van der Waals surface area contributed by atoms with Gasteiger partial charge in [-0.15, -0.1) is 0 Å². The number of nitrogens with one attached hydrogen (secondary N) is 1. The summed E-state index contributed by atoms with van der Waals surface area (Å²) in [6.45, 7) is 0. The lowest BCUT2D eigenvalue weighted by molar-refractivity contribution is 1.17. The molecule has 2 aromatic carbocycles. The molecule has 0 bridgehead atoms.